The lowest BCUT2D eigenvalue weighted by Crippen LogP contribution is -2.11. The molecule has 0 heterocycles. The molecule has 0 saturated carbocycles. The largest absolute Gasteiger partial charge is 0.314 e. The van der Waals surface area contributed by atoms with Crippen molar-refractivity contribution in [2.45, 2.75) is 19.8 Å². The summed E-state index contributed by atoms with van der Waals surface area (Å²) in [6.07, 6.45) is 2.52. The quantitative estimate of drug-likeness (QED) is 0.585. The third-order valence-corrected chi connectivity index (χ3v) is 2.78. The summed E-state index contributed by atoms with van der Waals surface area (Å²) in [5.74, 6) is 0. The summed E-state index contributed by atoms with van der Waals surface area (Å²) in [6, 6.07) is 10.5. The minimum absolute atomic E-state index is 1.14. The van der Waals surface area contributed by atoms with Crippen LogP contribution in [-0.4, -0.2) is 6.54 Å². The van der Waals surface area contributed by atoms with E-state index < -0.39 is 0 Å². The second-order valence-electron chi connectivity index (χ2n) is 2.77. The van der Waals surface area contributed by atoms with Crippen molar-refractivity contribution in [3.8, 4) is 0 Å². The van der Waals surface area contributed by atoms with Gasteiger partial charge in [-0.1, -0.05) is 34.7 Å². The molecule has 0 N–H and O–H groups in total. The van der Waals surface area contributed by atoms with Crippen LogP contribution in [0.5, 0.6) is 0 Å². The van der Waals surface area contributed by atoms with E-state index in [9.17, 15) is 0 Å². The molecule has 0 aromatic heterocycles. The molecule has 1 nitrogen and oxygen atoms in total. The van der Waals surface area contributed by atoms with E-state index in [-0.39, 0.29) is 0 Å². The first-order valence-electron chi connectivity index (χ1n) is 4.33. The predicted octanol–water partition coefficient (Wildman–Crippen LogP) is 3.61. The first-order chi connectivity index (χ1) is 5.84. The fourth-order valence-electron chi connectivity index (χ4n) is 1.02. The Labute approximate surface area is 88.3 Å². The second kappa shape index (κ2) is 5.54. The molecular weight excluding hydrogens is 261 g/mol. The number of benzene rings is 1. The smallest absolute Gasteiger partial charge is 0.0723 e. The number of para-hydroxylation sites is 1. The number of hydrogen-bond donors (Lipinski definition) is 0. The van der Waals surface area contributed by atoms with Crippen molar-refractivity contribution in [2.75, 3.05) is 6.54 Å². The molecule has 65 valence electrons. The third kappa shape index (κ3) is 3.11. The van der Waals surface area contributed by atoms with Crippen LogP contribution in [0.3, 0.4) is 0 Å². The first-order valence-corrected chi connectivity index (χ1v) is 5.29. The van der Waals surface area contributed by atoms with Gasteiger partial charge in [-0.15, -0.1) is 0 Å². The number of rotatable bonds is 4. The van der Waals surface area contributed by atoms with Crippen molar-refractivity contribution < 1.29 is 0 Å². The van der Waals surface area contributed by atoms with Gasteiger partial charge in [0, 0.05) is 18.6 Å². The van der Waals surface area contributed by atoms with Crippen LogP contribution >= 0.6 is 22.9 Å². The van der Waals surface area contributed by atoms with E-state index in [1.807, 2.05) is 6.07 Å². The predicted molar refractivity (Wildman–Crippen MR) is 62.0 cm³/mol. The summed E-state index contributed by atoms with van der Waals surface area (Å²) < 4.78 is 2.27. The van der Waals surface area contributed by atoms with Crippen molar-refractivity contribution in [2.24, 2.45) is 0 Å². The Kier molecular flexibility index (Phi) is 4.61. The molecular formula is C10H14IN+. The molecule has 1 aromatic carbocycles. The number of halogens is 1. The Morgan fingerprint density at radius 2 is 1.92 bits per heavy atom. The number of anilines is 1. The van der Waals surface area contributed by atoms with Gasteiger partial charge < -0.3 is 0 Å². The van der Waals surface area contributed by atoms with Crippen LogP contribution < -0.4 is 3.11 Å². The summed E-state index contributed by atoms with van der Waals surface area (Å²) in [7, 11) is 0. The third-order valence-electron chi connectivity index (χ3n) is 1.74. The van der Waals surface area contributed by atoms with Gasteiger partial charge in [-0.2, -0.15) is 0 Å². The highest BCUT2D eigenvalue weighted by Gasteiger charge is 2.12. The van der Waals surface area contributed by atoms with Crippen molar-refractivity contribution in [1.29, 1.82) is 0 Å². The molecule has 0 fully saturated rings. The van der Waals surface area contributed by atoms with Crippen LogP contribution in [0.2, 0.25) is 0 Å². The molecule has 1 aromatic rings. The Hall–Kier alpha value is -0.0900. The van der Waals surface area contributed by atoms with Crippen LogP contribution in [0.15, 0.2) is 30.3 Å². The summed E-state index contributed by atoms with van der Waals surface area (Å²) in [6.45, 7) is 3.36. The lowest BCUT2D eigenvalue weighted by atomic mass is 10.3. The fraction of sp³-hybridized carbons (Fsp3) is 0.400. The topological polar surface area (TPSA) is 5.90 Å². The van der Waals surface area contributed by atoms with Crippen molar-refractivity contribution >= 4 is 28.6 Å². The minimum Gasteiger partial charge on any atom is -0.0723 e. The highest BCUT2D eigenvalue weighted by Crippen LogP contribution is 2.16. The Morgan fingerprint density at radius 1 is 1.25 bits per heavy atom. The number of hydrogen-bond acceptors (Lipinski definition) is 1. The maximum Gasteiger partial charge on any atom is 0.314 e. The van der Waals surface area contributed by atoms with Crippen molar-refractivity contribution in [3.05, 3.63) is 30.3 Å². The molecule has 1 radical (unpaired) electrons. The Balaban J connectivity index is 2.48. The Morgan fingerprint density at radius 3 is 2.50 bits per heavy atom. The summed E-state index contributed by atoms with van der Waals surface area (Å²) in [5, 5.41) is 0. The lowest BCUT2D eigenvalue weighted by molar-refractivity contribution is 0.715. The van der Waals surface area contributed by atoms with Gasteiger partial charge in [0.1, 0.15) is 6.54 Å². The molecule has 12 heavy (non-hydrogen) atoms. The molecule has 0 aliphatic carbocycles. The molecule has 2 heteroatoms. The van der Waals surface area contributed by atoms with Gasteiger partial charge in [0.2, 0.25) is 0 Å². The molecule has 0 bridgehead atoms. The molecule has 0 atom stereocenters. The average Bonchev–Trinajstić information content (AvgIpc) is 2.15. The highest BCUT2D eigenvalue weighted by molar-refractivity contribution is 14.1. The summed E-state index contributed by atoms with van der Waals surface area (Å²) in [5.41, 5.74) is 1.30. The zero-order valence-electron chi connectivity index (χ0n) is 7.33. The van der Waals surface area contributed by atoms with E-state index in [1.54, 1.807) is 0 Å². The standard InChI is InChI=1S/C10H14IN/c1-2-3-9-12(11)10-7-5-4-6-8-10/h4-8H,2-3,9H2,1H3/q+1. The molecule has 0 aliphatic heterocycles. The monoisotopic (exact) mass is 275 g/mol. The number of nitrogens with zero attached hydrogens (tertiary/aromatic N) is 1. The van der Waals surface area contributed by atoms with Crippen LogP contribution in [0.25, 0.3) is 0 Å². The highest BCUT2D eigenvalue weighted by atomic mass is 127. The van der Waals surface area contributed by atoms with E-state index in [2.05, 4.69) is 57.2 Å². The maximum absolute atomic E-state index is 2.36. The molecule has 0 amide bonds. The molecule has 0 spiro atoms. The van der Waals surface area contributed by atoms with E-state index in [1.165, 1.54) is 18.5 Å². The van der Waals surface area contributed by atoms with Gasteiger partial charge in [0.15, 0.2) is 5.69 Å². The van der Waals surface area contributed by atoms with Gasteiger partial charge in [-0.3, -0.25) is 0 Å². The van der Waals surface area contributed by atoms with Gasteiger partial charge in [-0.05, 0) is 0 Å². The summed E-state index contributed by atoms with van der Waals surface area (Å²) in [4.78, 5) is 0. The number of unbranched alkanes of at least 4 members (excludes halogenated alkanes) is 1. The van der Waals surface area contributed by atoms with Crippen LogP contribution in [0.4, 0.5) is 5.69 Å². The first kappa shape index (κ1) is 9.99. The normalized spacial score (nSPS) is 10.6. The maximum atomic E-state index is 2.36. The van der Waals surface area contributed by atoms with Crippen LogP contribution in [0, 0.1) is 0 Å². The van der Waals surface area contributed by atoms with Gasteiger partial charge in [-0.25, -0.2) is 0 Å². The minimum atomic E-state index is 1.14. The van der Waals surface area contributed by atoms with Crippen LogP contribution in [0.1, 0.15) is 19.8 Å². The summed E-state index contributed by atoms with van der Waals surface area (Å²) >= 11 is 2.36. The average molecular weight is 275 g/mol. The van der Waals surface area contributed by atoms with E-state index in [4.69, 9.17) is 0 Å². The van der Waals surface area contributed by atoms with Gasteiger partial charge in [0.05, 0.1) is 0 Å². The zero-order chi connectivity index (χ0) is 8.81. The zero-order valence-corrected chi connectivity index (χ0v) is 9.49. The molecule has 1 rings (SSSR count). The van der Waals surface area contributed by atoms with Gasteiger partial charge >= 0.3 is 22.9 Å². The SMILES string of the molecule is CCCC[N+](I)c1ccccc1. The van der Waals surface area contributed by atoms with Crippen molar-refractivity contribution in [1.82, 2.24) is 3.11 Å². The van der Waals surface area contributed by atoms with E-state index in [0.717, 1.165) is 6.54 Å². The second-order valence-corrected chi connectivity index (χ2v) is 3.94. The van der Waals surface area contributed by atoms with E-state index >= 15 is 0 Å². The lowest BCUT2D eigenvalue weighted by Gasteiger charge is -2.00. The fourth-order valence-corrected chi connectivity index (χ4v) is 1.68. The van der Waals surface area contributed by atoms with Crippen LogP contribution in [-0.2, 0) is 0 Å². The van der Waals surface area contributed by atoms with E-state index in [0.29, 0.717) is 0 Å². The van der Waals surface area contributed by atoms with Crippen molar-refractivity contribution in [3.63, 3.8) is 0 Å². The molecule has 0 unspecified atom stereocenters. The molecule has 0 aliphatic rings. The Bertz CT molecular complexity index is 210. The van der Waals surface area contributed by atoms with Gasteiger partial charge in [0.25, 0.3) is 0 Å². The molecule has 0 saturated heterocycles.